The maximum atomic E-state index is 12.1. The molecule has 1 aliphatic rings. The van der Waals surface area contributed by atoms with Crippen molar-refractivity contribution >= 4 is 17.5 Å². The van der Waals surface area contributed by atoms with Crippen molar-refractivity contribution in [1.82, 2.24) is 10.6 Å². The first-order chi connectivity index (χ1) is 9.72. The molecule has 1 aromatic carbocycles. The first-order valence-electron chi connectivity index (χ1n) is 7.11. The summed E-state index contributed by atoms with van der Waals surface area (Å²) in [6, 6.07) is 7.11. The standard InChI is InChI=1S/C15H21N3O2/c1-2-8-17-15(20)12-5-3-4-6-13(12)18-14(19)11-7-9-16-10-11/h3-6,11,16H,2,7-10H2,1H3,(H,17,20)(H,18,19). The maximum absolute atomic E-state index is 12.1. The molecule has 1 fully saturated rings. The van der Waals surface area contributed by atoms with Gasteiger partial charge in [0.2, 0.25) is 5.91 Å². The highest BCUT2D eigenvalue weighted by atomic mass is 16.2. The number of carbonyl (C=O) groups excluding carboxylic acids is 2. The van der Waals surface area contributed by atoms with E-state index >= 15 is 0 Å². The largest absolute Gasteiger partial charge is 0.352 e. The van der Waals surface area contributed by atoms with E-state index in [9.17, 15) is 9.59 Å². The van der Waals surface area contributed by atoms with Gasteiger partial charge in [0.25, 0.3) is 5.91 Å². The Kier molecular flexibility index (Phi) is 5.12. The van der Waals surface area contributed by atoms with Crippen LogP contribution in [0.1, 0.15) is 30.1 Å². The summed E-state index contributed by atoms with van der Waals surface area (Å²) in [5, 5.41) is 8.86. The van der Waals surface area contributed by atoms with Gasteiger partial charge in [0.15, 0.2) is 0 Å². The minimum absolute atomic E-state index is 0.0123. The van der Waals surface area contributed by atoms with E-state index in [1.807, 2.05) is 13.0 Å². The molecule has 1 heterocycles. The molecule has 3 N–H and O–H groups in total. The van der Waals surface area contributed by atoms with Crippen LogP contribution in [0.25, 0.3) is 0 Å². The lowest BCUT2D eigenvalue weighted by Gasteiger charge is -2.13. The Morgan fingerprint density at radius 3 is 2.85 bits per heavy atom. The molecule has 0 radical (unpaired) electrons. The SMILES string of the molecule is CCCNC(=O)c1ccccc1NC(=O)C1CCNC1. The highest BCUT2D eigenvalue weighted by molar-refractivity contribution is 6.04. The monoisotopic (exact) mass is 275 g/mol. The van der Waals surface area contributed by atoms with Crippen LogP contribution < -0.4 is 16.0 Å². The highest BCUT2D eigenvalue weighted by Crippen LogP contribution is 2.17. The Bertz CT molecular complexity index is 482. The number of amides is 2. The second-order valence-electron chi connectivity index (χ2n) is 4.98. The Morgan fingerprint density at radius 1 is 1.35 bits per heavy atom. The summed E-state index contributed by atoms with van der Waals surface area (Å²) in [7, 11) is 0. The summed E-state index contributed by atoms with van der Waals surface area (Å²) < 4.78 is 0. The normalized spacial score (nSPS) is 17.8. The van der Waals surface area contributed by atoms with Gasteiger partial charge < -0.3 is 16.0 Å². The van der Waals surface area contributed by atoms with Gasteiger partial charge in [-0.1, -0.05) is 19.1 Å². The number of hydrogen-bond acceptors (Lipinski definition) is 3. The van der Waals surface area contributed by atoms with E-state index in [1.54, 1.807) is 18.2 Å². The van der Waals surface area contributed by atoms with Crippen LogP contribution in [-0.4, -0.2) is 31.4 Å². The zero-order valence-electron chi connectivity index (χ0n) is 11.7. The fraction of sp³-hybridized carbons (Fsp3) is 0.467. The summed E-state index contributed by atoms with van der Waals surface area (Å²) in [4.78, 5) is 24.2. The van der Waals surface area contributed by atoms with Crippen molar-refractivity contribution in [3.8, 4) is 0 Å². The van der Waals surface area contributed by atoms with Gasteiger partial charge in [-0.3, -0.25) is 9.59 Å². The Labute approximate surface area is 119 Å². The molecule has 20 heavy (non-hydrogen) atoms. The third-order valence-electron chi connectivity index (χ3n) is 3.40. The molecule has 0 saturated carbocycles. The van der Waals surface area contributed by atoms with Gasteiger partial charge in [0, 0.05) is 13.1 Å². The van der Waals surface area contributed by atoms with Crippen LogP contribution >= 0.6 is 0 Å². The summed E-state index contributed by atoms with van der Waals surface area (Å²) in [5.41, 5.74) is 1.10. The van der Waals surface area contributed by atoms with Crippen LogP contribution in [-0.2, 0) is 4.79 Å². The summed E-state index contributed by atoms with van der Waals surface area (Å²) in [6.45, 7) is 4.21. The fourth-order valence-corrected chi connectivity index (χ4v) is 2.24. The Hall–Kier alpha value is -1.88. The lowest BCUT2D eigenvalue weighted by Crippen LogP contribution is -2.28. The molecule has 1 aromatic rings. The quantitative estimate of drug-likeness (QED) is 0.760. The molecule has 1 aliphatic heterocycles. The lowest BCUT2D eigenvalue weighted by atomic mass is 10.1. The predicted molar refractivity (Wildman–Crippen MR) is 78.7 cm³/mol. The smallest absolute Gasteiger partial charge is 0.253 e. The van der Waals surface area contributed by atoms with E-state index < -0.39 is 0 Å². The van der Waals surface area contributed by atoms with Crippen LogP contribution in [0.15, 0.2) is 24.3 Å². The zero-order valence-corrected chi connectivity index (χ0v) is 11.7. The van der Waals surface area contributed by atoms with Crippen molar-refractivity contribution in [2.45, 2.75) is 19.8 Å². The number of nitrogens with one attached hydrogen (secondary N) is 3. The molecule has 5 nitrogen and oxygen atoms in total. The summed E-state index contributed by atoms with van der Waals surface area (Å²) >= 11 is 0. The molecule has 5 heteroatoms. The van der Waals surface area contributed by atoms with Gasteiger partial charge in [-0.05, 0) is 31.5 Å². The minimum Gasteiger partial charge on any atom is -0.352 e. The van der Waals surface area contributed by atoms with E-state index in [4.69, 9.17) is 0 Å². The van der Waals surface area contributed by atoms with Gasteiger partial charge in [0.1, 0.15) is 0 Å². The number of benzene rings is 1. The number of para-hydroxylation sites is 1. The first kappa shape index (κ1) is 14.5. The molecule has 0 aliphatic carbocycles. The van der Waals surface area contributed by atoms with Crippen LogP contribution in [0.2, 0.25) is 0 Å². The minimum atomic E-state index is -0.146. The van der Waals surface area contributed by atoms with Crippen molar-refractivity contribution < 1.29 is 9.59 Å². The predicted octanol–water partition coefficient (Wildman–Crippen LogP) is 1.37. The lowest BCUT2D eigenvalue weighted by molar-refractivity contribution is -0.119. The molecule has 1 saturated heterocycles. The van der Waals surface area contributed by atoms with Crippen molar-refractivity contribution in [3.63, 3.8) is 0 Å². The van der Waals surface area contributed by atoms with Crippen molar-refractivity contribution in [2.24, 2.45) is 5.92 Å². The third kappa shape index (κ3) is 3.57. The van der Waals surface area contributed by atoms with E-state index in [0.29, 0.717) is 24.3 Å². The molecule has 2 amide bonds. The first-order valence-corrected chi connectivity index (χ1v) is 7.11. The van der Waals surface area contributed by atoms with Crippen LogP contribution in [0, 0.1) is 5.92 Å². The van der Waals surface area contributed by atoms with Crippen molar-refractivity contribution in [1.29, 1.82) is 0 Å². The Morgan fingerprint density at radius 2 is 2.15 bits per heavy atom. The summed E-state index contributed by atoms with van der Waals surface area (Å²) in [6.07, 6.45) is 1.73. The molecule has 1 atom stereocenters. The van der Waals surface area contributed by atoms with Gasteiger partial charge >= 0.3 is 0 Å². The van der Waals surface area contributed by atoms with Gasteiger partial charge in [-0.25, -0.2) is 0 Å². The number of carbonyl (C=O) groups is 2. The van der Waals surface area contributed by atoms with Crippen LogP contribution in [0.3, 0.4) is 0 Å². The van der Waals surface area contributed by atoms with Gasteiger partial charge in [-0.2, -0.15) is 0 Å². The highest BCUT2D eigenvalue weighted by Gasteiger charge is 2.23. The molecule has 0 spiro atoms. The van der Waals surface area contributed by atoms with Crippen molar-refractivity contribution in [2.75, 3.05) is 25.0 Å². The van der Waals surface area contributed by atoms with Crippen LogP contribution in [0.4, 0.5) is 5.69 Å². The second-order valence-corrected chi connectivity index (χ2v) is 4.98. The average Bonchev–Trinajstić information content (AvgIpc) is 2.99. The molecule has 1 unspecified atom stereocenters. The summed E-state index contributed by atoms with van der Waals surface area (Å²) in [5.74, 6) is -0.181. The van der Waals surface area contributed by atoms with E-state index in [2.05, 4.69) is 16.0 Å². The number of hydrogen-bond donors (Lipinski definition) is 3. The topological polar surface area (TPSA) is 70.2 Å². The molecular formula is C15H21N3O2. The van der Waals surface area contributed by atoms with Crippen molar-refractivity contribution in [3.05, 3.63) is 29.8 Å². The second kappa shape index (κ2) is 7.05. The molecule has 0 bridgehead atoms. The zero-order chi connectivity index (χ0) is 14.4. The van der Waals surface area contributed by atoms with E-state index in [-0.39, 0.29) is 17.7 Å². The Balaban J connectivity index is 2.07. The molecule has 2 rings (SSSR count). The van der Waals surface area contributed by atoms with Gasteiger partial charge in [0.05, 0.1) is 17.2 Å². The van der Waals surface area contributed by atoms with E-state index in [0.717, 1.165) is 19.4 Å². The van der Waals surface area contributed by atoms with E-state index in [1.165, 1.54) is 0 Å². The average molecular weight is 275 g/mol. The number of rotatable bonds is 5. The maximum Gasteiger partial charge on any atom is 0.253 e. The molecule has 0 aromatic heterocycles. The van der Waals surface area contributed by atoms with Gasteiger partial charge in [-0.15, -0.1) is 0 Å². The molecular weight excluding hydrogens is 254 g/mol. The van der Waals surface area contributed by atoms with Crippen LogP contribution in [0.5, 0.6) is 0 Å². The molecule has 108 valence electrons. The third-order valence-corrected chi connectivity index (χ3v) is 3.40. The fourth-order valence-electron chi connectivity index (χ4n) is 2.24. The number of anilines is 1.